The average molecular weight is 301 g/mol. The third kappa shape index (κ3) is 4.39. The molecule has 1 amide bonds. The maximum absolute atomic E-state index is 12.1. The highest BCUT2D eigenvalue weighted by Gasteiger charge is 2.10. The highest BCUT2D eigenvalue weighted by molar-refractivity contribution is 5.92. The summed E-state index contributed by atoms with van der Waals surface area (Å²) >= 11 is 0. The van der Waals surface area contributed by atoms with Gasteiger partial charge >= 0.3 is 0 Å². The van der Waals surface area contributed by atoms with E-state index in [1.54, 1.807) is 12.4 Å². The zero-order valence-corrected chi connectivity index (χ0v) is 13.0. The van der Waals surface area contributed by atoms with Crippen LogP contribution in [0.25, 0.3) is 5.82 Å². The summed E-state index contributed by atoms with van der Waals surface area (Å²) in [5.74, 6) is 1.53. The van der Waals surface area contributed by atoms with Gasteiger partial charge in [-0.05, 0) is 38.4 Å². The van der Waals surface area contributed by atoms with Gasteiger partial charge < -0.3 is 11.1 Å². The van der Waals surface area contributed by atoms with Gasteiger partial charge in [0.05, 0.1) is 5.69 Å². The molecule has 0 spiro atoms. The number of pyridine rings is 1. The van der Waals surface area contributed by atoms with E-state index in [1.807, 2.05) is 29.8 Å². The fourth-order valence-electron chi connectivity index (χ4n) is 2.28. The number of hydrogen-bond acceptors (Lipinski definition) is 4. The van der Waals surface area contributed by atoms with E-state index in [1.165, 1.54) is 0 Å². The molecule has 0 aromatic carbocycles. The molecular weight excluding hydrogens is 278 g/mol. The first-order valence-corrected chi connectivity index (χ1v) is 7.67. The molecule has 0 radical (unpaired) electrons. The van der Waals surface area contributed by atoms with Crippen LogP contribution in [0, 0.1) is 6.92 Å². The van der Waals surface area contributed by atoms with Gasteiger partial charge in [-0.2, -0.15) is 0 Å². The number of anilines is 1. The van der Waals surface area contributed by atoms with Crippen molar-refractivity contribution in [1.82, 2.24) is 14.5 Å². The lowest BCUT2D eigenvalue weighted by molar-refractivity contribution is -0.116. The van der Waals surface area contributed by atoms with Crippen LogP contribution in [-0.2, 0) is 4.79 Å². The van der Waals surface area contributed by atoms with Crippen LogP contribution in [0.15, 0.2) is 30.7 Å². The van der Waals surface area contributed by atoms with Gasteiger partial charge in [0.25, 0.3) is 0 Å². The lowest BCUT2D eigenvalue weighted by atomic mass is 10.1. The smallest absolute Gasteiger partial charge is 0.224 e. The van der Waals surface area contributed by atoms with E-state index in [0.29, 0.717) is 17.9 Å². The van der Waals surface area contributed by atoms with Gasteiger partial charge in [-0.25, -0.2) is 9.97 Å². The number of aromatic nitrogens is 3. The van der Waals surface area contributed by atoms with Crippen molar-refractivity contribution >= 4 is 11.6 Å². The molecule has 3 N–H and O–H groups in total. The molecule has 22 heavy (non-hydrogen) atoms. The third-order valence-corrected chi connectivity index (χ3v) is 3.47. The van der Waals surface area contributed by atoms with Crippen molar-refractivity contribution in [2.45, 2.75) is 39.0 Å². The topological polar surface area (TPSA) is 85.8 Å². The van der Waals surface area contributed by atoms with Crippen LogP contribution in [0.4, 0.5) is 5.69 Å². The summed E-state index contributed by atoms with van der Waals surface area (Å²) in [6.07, 6.45) is 9.79. The number of nitrogens with two attached hydrogens (primary N) is 1. The summed E-state index contributed by atoms with van der Waals surface area (Å²) in [4.78, 5) is 20.6. The first-order valence-electron chi connectivity index (χ1n) is 7.67. The minimum absolute atomic E-state index is 0.0137. The number of carbonyl (C=O) groups is 1. The number of carbonyl (C=O) groups excluding carboxylic acids is 1. The minimum atomic E-state index is 0.0137. The Labute approximate surface area is 130 Å². The molecular formula is C16H23N5O. The fourth-order valence-corrected chi connectivity index (χ4v) is 2.28. The standard InChI is InChI=1S/C16H23N5O/c1-13-18-11-12-21(13)16-14(7-6-10-19-16)20-15(22)8-4-2-3-5-9-17/h6-7,10-12H,2-5,8-9,17H2,1H3,(H,20,22). The number of imidazole rings is 1. The Balaban J connectivity index is 1.96. The predicted molar refractivity (Wildman–Crippen MR) is 86.9 cm³/mol. The number of hydrogen-bond donors (Lipinski definition) is 2. The van der Waals surface area contributed by atoms with Crippen molar-refractivity contribution in [2.75, 3.05) is 11.9 Å². The van der Waals surface area contributed by atoms with Crippen LogP contribution in [0.3, 0.4) is 0 Å². The molecule has 0 aliphatic heterocycles. The summed E-state index contributed by atoms with van der Waals surface area (Å²) in [5.41, 5.74) is 6.16. The van der Waals surface area contributed by atoms with E-state index in [4.69, 9.17) is 5.73 Å². The SMILES string of the molecule is Cc1nccn1-c1ncccc1NC(=O)CCCCCCN. The van der Waals surface area contributed by atoms with E-state index in [9.17, 15) is 4.79 Å². The van der Waals surface area contributed by atoms with Crippen LogP contribution in [-0.4, -0.2) is 27.0 Å². The molecule has 0 saturated carbocycles. The number of unbranched alkanes of at least 4 members (excludes halogenated alkanes) is 3. The van der Waals surface area contributed by atoms with Gasteiger partial charge in [-0.1, -0.05) is 12.8 Å². The van der Waals surface area contributed by atoms with E-state index in [-0.39, 0.29) is 5.91 Å². The molecule has 6 nitrogen and oxygen atoms in total. The molecule has 0 unspecified atom stereocenters. The molecule has 0 atom stereocenters. The average Bonchev–Trinajstić information content (AvgIpc) is 2.93. The Kier molecular flexibility index (Phi) is 6.09. The van der Waals surface area contributed by atoms with Crippen LogP contribution in [0.2, 0.25) is 0 Å². The first kappa shape index (κ1) is 16.2. The van der Waals surface area contributed by atoms with E-state index in [0.717, 1.165) is 38.1 Å². The van der Waals surface area contributed by atoms with E-state index in [2.05, 4.69) is 15.3 Å². The highest BCUT2D eigenvalue weighted by atomic mass is 16.1. The zero-order valence-electron chi connectivity index (χ0n) is 13.0. The van der Waals surface area contributed by atoms with Crippen molar-refractivity contribution in [3.05, 3.63) is 36.5 Å². The molecule has 0 saturated heterocycles. The normalized spacial score (nSPS) is 10.6. The van der Waals surface area contributed by atoms with Crippen molar-refractivity contribution in [1.29, 1.82) is 0 Å². The molecule has 0 aliphatic carbocycles. The molecule has 2 heterocycles. The van der Waals surface area contributed by atoms with Crippen molar-refractivity contribution < 1.29 is 4.79 Å². The Morgan fingerprint density at radius 2 is 2.05 bits per heavy atom. The molecule has 118 valence electrons. The van der Waals surface area contributed by atoms with Crippen LogP contribution >= 0.6 is 0 Å². The largest absolute Gasteiger partial charge is 0.330 e. The second-order valence-electron chi connectivity index (χ2n) is 5.22. The van der Waals surface area contributed by atoms with Crippen LogP contribution in [0.5, 0.6) is 0 Å². The van der Waals surface area contributed by atoms with Crippen molar-refractivity contribution in [3.8, 4) is 5.82 Å². The van der Waals surface area contributed by atoms with Crippen molar-refractivity contribution in [3.63, 3.8) is 0 Å². The number of nitrogens with zero attached hydrogens (tertiary/aromatic N) is 3. The second kappa shape index (κ2) is 8.29. The quantitative estimate of drug-likeness (QED) is 0.733. The maximum Gasteiger partial charge on any atom is 0.224 e. The number of aryl methyl sites for hydroxylation is 1. The summed E-state index contributed by atoms with van der Waals surface area (Å²) in [7, 11) is 0. The second-order valence-corrected chi connectivity index (χ2v) is 5.22. The number of amides is 1. The molecule has 0 aliphatic rings. The minimum Gasteiger partial charge on any atom is -0.330 e. The highest BCUT2D eigenvalue weighted by Crippen LogP contribution is 2.19. The lowest BCUT2D eigenvalue weighted by Crippen LogP contribution is -2.14. The molecule has 0 fully saturated rings. The maximum atomic E-state index is 12.1. The summed E-state index contributed by atoms with van der Waals surface area (Å²) < 4.78 is 1.86. The Morgan fingerprint density at radius 3 is 2.77 bits per heavy atom. The monoisotopic (exact) mass is 301 g/mol. The Bertz CT molecular complexity index is 608. The van der Waals surface area contributed by atoms with Gasteiger partial charge in [-0.3, -0.25) is 9.36 Å². The van der Waals surface area contributed by atoms with E-state index >= 15 is 0 Å². The predicted octanol–water partition coefficient (Wildman–Crippen LogP) is 2.42. The Hall–Kier alpha value is -2.21. The number of nitrogens with one attached hydrogen (secondary N) is 1. The van der Waals surface area contributed by atoms with Crippen molar-refractivity contribution in [2.24, 2.45) is 5.73 Å². The first-order chi connectivity index (χ1) is 10.7. The molecule has 2 aromatic rings. The van der Waals surface area contributed by atoms with Gasteiger partial charge in [0, 0.05) is 25.0 Å². The van der Waals surface area contributed by atoms with Gasteiger partial charge in [0.1, 0.15) is 5.82 Å². The van der Waals surface area contributed by atoms with Gasteiger partial charge in [0.2, 0.25) is 5.91 Å². The molecule has 2 rings (SSSR count). The van der Waals surface area contributed by atoms with Gasteiger partial charge in [-0.15, -0.1) is 0 Å². The molecule has 6 heteroatoms. The molecule has 0 bridgehead atoms. The van der Waals surface area contributed by atoms with Gasteiger partial charge in [0.15, 0.2) is 5.82 Å². The third-order valence-electron chi connectivity index (χ3n) is 3.47. The number of rotatable bonds is 8. The summed E-state index contributed by atoms with van der Waals surface area (Å²) in [6.45, 7) is 2.62. The molecule has 2 aromatic heterocycles. The lowest BCUT2D eigenvalue weighted by Gasteiger charge is -2.11. The van der Waals surface area contributed by atoms with E-state index < -0.39 is 0 Å². The summed E-state index contributed by atoms with van der Waals surface area (Å²) in [6, 6.07) is 3.67. The van der Waals surface area contributed by atoms with Crippen LogP contribution < -0.4 is 11.1 Å². The fraction of sp³-hybridized carbons (Fsp3) is 0.438. The van der Waals surface area contributed by atoms with Crippen LogP contribution in [0.1, 0.15) is 37.9 Å². The zero-order chi connectivity index (χ0) is 15.8. The Morgan fingerprint density at radius 1 is 1.23 bits per heavy atom. The summed E-state index contributed by atoms with van der Waals surface area (Å²) in [5, 5.41) is 2.94.